The Hall–Kier alpha value is -3.13. The van der Waals surface area contributed by atoms with Crippen molar-refractivity contribution in [2.45, 2.75) is 6.04 Å². The van der Waals surface area contributed by atoms with Crippen LogP contribution in [0.25, 0.3) is 10.8 Å². The van der Waals surface area contributed by atoms with E-state index in [1.165, 1.54) is 13.2 Å². The van der Waals surface area contributed by atoms with Gasteiger partial charge in [-0.3, -0.25) is 14.5 Å². The van der Waals surface area contributed by atoms with Crippen LogP contribution in [0, 0.1) is 0 Å². The Balaban J connectivity index is 1.52. The zero-order chi connectivity index (χ0) is 23.2. The first-order valence-electron chi connectivity index (χ1n) is 10.8. The van der Waals surface area contributed by atoms with Gasteiger partial charge in [-0.25, -0.2) is 0 Å². The molecular weight excluding hydrogens is 442 g/mol. The molecule has 172 valence electrons. The summed E-state index contributed by atoms with van der Waals surface area (Å²) >= 11 is 6.02. The number of amides is 2. The number of methoxy groups -OCH3 is 1. The third kappa shape index (κ3) is 5.45. The maximum absolute atomic E-state index is 12.7. The molecule has 2 amide bonds. The Morgan fingerprint density at radius 3 is 2.61 bits per heavy atom. The number of ether oxygens (including phenoxy) is 2. The number of halogens is 1. The Bertz CT molecular complexity index is 1140. The number of carbonyl (C=O) groups excluding carboxylic acids is 2. The molecule has 33 heavy (non-hydrogen) atoms. The van der Waals surface area contributed by atoms with Crippen LogP contribution in [0.3, 0.4) is 0 Å². The van der Waals surface area contributed by atoms with Crippen LogP contribution in [0.4, 0.5) is 5.69 Å². The predicted octanol–water partition coefficient (Wildman–Crippen LogP) is 3.63. The van der Waals surface area contributed by atoms with E-state index in [4.69, 9.17) is 21.1 Å². The summed E-state index contributed by atoms with van der Waals surface area (Å²) in [6.07, 6.45) is 0. The number of rotatable bonds is 6. The molecule has 1 atom stereocenters. The van der Waals surface area contributed by atoms with E-state index in [1.807, 2.05) is 18.2 Å². The van der Waals surface area contributed by atoms with E-state index >= 15 is 0 Å². The molecule has 1 aliphatic heterocycles. The number of hydrogen-bond donors (Lipinski definition) is 2. The van der Waals surface area contributed by atoms with E-state index in [0.29, 0.717) is 29.7 Å². The molecule has 0 spiro atoms. The van der Waals surface area contributed by atoms with Crippen molar-refractivity contribution >= 4 is 39.9 Å². The molecule has 3 aromatic carbocycles. The van der Waals surface area contributed by atoms with Gasteiger partial charge in [0, 0.05) is 24.7 Å². The highest BCUT2D eigenvalue weighted by atomic mass is 35.5. The van der Waals surface area contributed by atoms with Crippen molar-refractivity contribution < 1.29 is 19.1 Å². The van der Waals surface area contributed by atoms with Crippen LogP contribution >= 0.6 is 11.6 Å². The SMILES string of the molecule is COc1ccc(Cl)cc1NC(=O)C(=O)NC[C@H](c1cccc2ccccc12)N1CCOCC1. The van der Waals surface area contributed by atoms with Crippen LogP contribution < -0.4 is 15.4 Å². The second-order valence-electron chi connectivity index (χ2n) is 7.74. The van der Waals surface area contributed by atoms with Crippen molar-refractivity contribution in [2.24, 2.45) is 0 Å². The number of benzene rings is 3. The summed E-state index contributed by atoms with van der Waals surface area (Å²) in [6, 6.07) is 19.0. The minimum atomic E-state index is -0.783. The zero-order valence-corrected chi connectivity index (χ0v) is 19.1. The fourth-order valence-corrected chi connectivity index (χ4v) is 4.26. The van der Waals surface area contributed by atoms with E-state index in [2.05, 4.69) is 39.8 Å². The smallest absolute Gasteiger partial charge is 0.313 e. The monoisotopic (exact) mass is 467 g/mol. The average Bonchev–Trinajstić information content (AvgIpc) is 2.85. The minimum absolute atomic E-state index is 0.0996. The maximum Gasteiger partial charge on any atom is 0.313 e. The molecule has 0 radical (unpaired) electrons. The number of morpholine rings is 1. The summed E-state index contributed by atoms with van der Waals surface area (Å²) in [7, 11) is 1.48. The topological polar surface area (TPSA) is 79.9 Å². The number of fused-ring (bicyclic) bond motifs is 1. The maximum atomic E-state index is 12.7. The second kappa shape index (κ2) is 10.7. The van der Waals surface area contributed by atoms with Crippen LogP contribution in [-0.4, -0.2) is 56.7 Å². The molecule has 4 rings (SSSR count). The van der Waals surface area contributed by atoms with Gasteiger partial charge in [0.1, 0.15) is 5.75 Å². The first-order chi connectivity index (χ1) is 16.1. The van der Waals surface area contributed by atoms with Gasteiger partial charge in [0.25, 0.3) is 0 Å². The number of nitrogens with one attached hydrogen (secondary N) is 2. The third-order valence-electron chi connectivity index (χ3n) is 5.74. The first kappa shape index (κ1) is 23.0. The quantitative estimate of drug-likeness (QED) is 0.541. The highest BCUT2D eigenvalue weighted by Gasteiger charge is 2.26. The lowest BCUT2D eigenvalue weighted by Crippen LogP contribution is -2.45. The van der Waals surface area contributed by atoms with Crippen LogP contribution in [-0.2, 0) is 14.3 Å². The highest BCUT2D eigenvalue weighted by molar-refractivity contribution is 6.40. The van der Waals surface area contributed by atoms with E-state index in [0.717, 1.165) is 29.4 Å². The first-order valence-corrected chi connectivity index (χ1v) is 11.2. The Morgan fingerprint density at radius 2 is 1.82 bits per heavy atom. The Morgan fingerprint density at radius 1 is 1.06 bits per heavy atom. The minimum Gasteiger partial charge on any atom is -0.495 e. The molecular formula is C25H26ClN3O4. The van der Waals surface area contributed by atoms with Gasteiger partial charge in [0.2, 0.25) is 0 Å². The molecule has 7 nitrogen and oxygen atoms in total. The van der Waals surface area contributed by atoms with Gasteiger partial charge in [-0.15, -0.1) is 0 Å². The number of anilines is 1. The van der Waals surface area contributed by atoms with Gasteiger partial charge in [-0.2, -0.15) is 0 Å². The molecule has 1 saturated heterocycles. The van der Waals surface area contributed by atoms with Crippen molar-refractivity contribution in [1.29, 1.82) is 0 Å². The van der Waals surface area contributed by atoms with Gasteiger partial charge in [0.15, 0.2) is 0 Å². The molecule has 0 saturated carbocycles. The molecule has 0 aromatic heterocycles. The molecule has 3 aromatic rings. The zero-order valence-electron chi connectivity index (χ0n) is 18.3. The van der Waals surface area contributed by atoms with Gasteiger partial charge in [-0.05, 0) is 34.5 Å². The Kier molecular flexibility index (Phi) is 7.44. The Labute approximate surface area is 197 Å². The standard InChI is InChI=1S/C25H26ClN3O4/c1-32-23-10-9-18(26)15-21(23)28-25(31)24(30)27-16-22(29-11-13-33-14-12-29)20-8-4-6-17-5-2-3-7-19(17)20/h2-10,15,22H,11-14,16H2,1H3,(H,27,30)(H,28,31)/t22-/m1/s1. The normalized spacial score (nSPS) is 15.1. The van der Waals surface area contributed by atoms with Crippen molar-refractivity contribution in [3.05, 3.63) is 71.2 Å². The predicted molar refractivity (Wildman–Crippen MR) is 129 cm³/mol. The molecule has 0 unspecified atom stereocenters. The summed E-state index contributed by atoms with van der Waals surface area (Å²) in [5, 5.41) is 8.07. The van der Waals surface area contributed by atoms with E-state index in [9.17, 15) is 9.59 Å². The van der Waals surface area contributed by atoms with E-state index in [1.54, 1.807) is 12.1 Å². The number of hydrogen-bond acceptors (Lipinski definition) is 5. The fourth-order valence-electron chi connectivity index (χ4n) is 4.09. The van der Waals surface area contributed by atoms with Crippen LogP contribution in [0.5, 0.6) is 5.75 Å². The van der Waals surface area contributed by atoms with Gasteiger partial charge >= 0.3 is 11.8 Å². The lowest BCUT2D eigenvalue weighted by molar-refractivity contribution is -0.136. The average molecular weight is 468 g/mol. The molecule has 1 heterocycles. The molecule has 0 bridgehead atoms. The molecule has 0 aliphatic carbocycles. The summed E-state index contributed by atoms with van der Waals surface area (Å²) < 4.78 is 10.8. The number of nitrogens with zero attached hydrogens (tertiary/aromatic N) is 1. The van der Waals surface area contributed by atoms with Crippen molar-refractivity contribution in [2.75, 3.05) is 45.3 Å². The number of carbonyl (C=O) groups is 2. The van der Waals surface area contributed by atoms with Gasteiger partial charge < -0.3 is 20.1 Å². The lowest BCUT2D eigenvalue weighted by atomic mass is 9.97. The fraction of sp³-hybridized carbons (Fsp3) is 0.280. The van der Waals surface area contributed by atoms with Crippen molar-refractivity contribution in [3.63, 3.8) is 0 Å². The summed E-state index contributed by atoms with van der Waals surface area (Å²) in [6.45, 7) is 3.03. The molecule has 8 heteroatoms. The molecule has 2 N–H and O–H groups in total. The van der Waals surface area contributed by atoms with Crippen LogP contribution in [0.15, 0.2) is 60.7 Å². The lowest BCUT2D eigenvalue weighted by Gasteiger charge is -2.35. The second-order valence-corrected chi connectivity index (χ2v) is 8.18. The van der Waals surface area contributed by atoms with Crippen LogP contribution in [0.1, 0.15) is 11.6 Å². The van der Waals surface area contributed by atoms with Gasteiger partial charge in [0.05, 0.1) is 32.1 Å². The van der Waals surface area contributed by atoms with Crippen molar-refractivity contribution in [3.8, 4) is 5.75 Å². The van der Waals surface area contributed by atoms with Crippen molar-refractivity contribution in [1.82, 2.24) is 10.2 Å². The van der Waals surface area contributed by atoms with Crippen LogP contribution in [0.2, 0.25) is 5.02 Å². The van der Waals surface area contributed by atoms with E-state index in [-0.39, 0.29) is 12.6 Å². The highest BCUT2D eigenvalue weighted by Crippen LogP contribution is 2.29. The summed E-state index contributed by atoms with van der Waals surface area (Å²) in [5.41, 5.74) is 1.44. The molecule has 1 aliphatic rings. The van der Waals surface area contributed by atoms with Gasteiger partial charge in [-0.1, -0.05) is 54.1 Å². The largest absolute Gasteiger partial charge is 0.495 e. The molecule has 1 fully saturated rings. The van der Waals surface area contributed by atoms with E-state index < -0.39 is 11.8 Å². The summed E-state index contributed by atoms with van der Waals surface area (Å²) in [4.78, 5) is 27.5. The third-order valence-corrected chi connectivity index (χ3v) is 5.98. The summed E-state index contributed by atoms with van der Waals surface area (Å²) in [5.74, 6) is -1.09.